The van der Waals surface area contributed by atoms with Gasteiger partial charge in [0.2, 0.25) is 11.1 Å². The summed E-state index contributed by atoms with van der Waals surface area (Å²) in [6, 6.07) is 12.4. The van der Waals surface area contributed by atoms with Crippen molar-refractivity contribution in [3.05, 3.63) is 82.1 Å². The van der Waals surface area contributed by atoms with Crippen LogP contribution in [0, 0.1) is 11.6 Å². The first-order valence-corrected chi connectivity index (χ1v) is 10.0. The van der Waals surface area contributed by atoms with Gasteiger partial charge in [0.25, 0.3) is 11.8 Å². The van der Waals surface area contributed by atoms with E-state index in [1.54, 1.807) is 36.4 Å². The zero-order valence-corrected chi connectivity index (χ0v) is 17.3. The number of thioether (sulfide) groups is 1. The van der Waals surface area contributed by atoms with Gasteiger partial charge in [-0.2, -0.15) is 9.37 Å². The molecule has 1 aliphatic heterocycles. The zero-order chi connectivity index (χ0) is 21.3. The van der Waals surface area contributed by atoms with Crippen LogP contribution >= 0.6 is 35.6 Å². The Kier molecular flexibility index (Phi) is 5.76. The molecule has 0 unspecified atom stereocenters. The molecule has 0 N–H and O–H groups in total. The number of anilines is 1. The number of hydrogen-bond donors (Lipinski definition) is 0. The lowest BCUT2D eigenvalue weighted by Gasteiger charge is -2.14. The van der Waals surface area contributed by atoms with E-state index in [0.717, 1.165) is 18.0 Å². The number of aromatic nitrogens is 2. The lowest BCUT2D eigenvalue weighted by Crippen LogP contribution is -2.28. The van der Waals surface area contributed by atoms with Crippen LogP contribution in [-0.4, -0.2) is 20.2 Å². The van der Waals surface area contributed by atoms with Crippen LogP contribution in [0.1, 0.15) is 5.56 Å². The van der Waals surface area contributed by atoms with E-state index in [1.165, 1.54) is 23.1 Å². The summed E-state index contributed by atoms with van der Waals surface area (Å²) in [6.45, 7) is 0. The summed E-state index contributed by atoms with van der Waals surface area (Å²) in [7, 11) is 0. The Hall–Kier alpha value is -2.88. The SMILES string of the molecule is O=C1/C(=C\c2ccc(Oc3nc(Cl)ncc3F)cc2)SC(=S)N1c1ccccc1F. The van der Waals surface area contributed by atoms with Crippen LogP contribution in [0.2, 0.25) is 5.28 Å². The predicted octanol–water partition coefficient (Wildman–Crippen LogP) is 5.61. The highest BCUT2D eigenvalue weighted by molar-refractivity contribution is 8.27. The number of carbonyl (C=O) groups excluding carboxylic acids is 1. The minimum Gasteiger partial charge on any atom is -0.436 e. The van der Waals surface area contributed by atoms with Crippen molar-refractivity contribution in [3.8, 4) is 11.6 Å². The van der Waals surface area contributed by atoms with E-state index in [9.17, 15) is 13.6 Å². The molecule has 1 fully saturated rings. The minimum atomic E-state index is -0.750. The lowest BCUT2D eigenvalue weighted by molar-refractivity contribution is -0.113. The topological polar surface area (TPSA) is 55.3 Å². The van der Waals surface area contributed by atoms with E-state index in [1.807, 2.05) is 0 Å². The highest BCUT2D eigenvalue weighted by Gasteiger charge is 2.34. The number of amides is 1. The van der Waals surface area contributed by atoms with Crippen molar-refractivity contribution in [2.24, 2.45) is 0 Å². The average Bonchev–Trinajstić information content (AvgIpc) is 3.00. The molecule has 10 heteroatoms. The third-order valence-corrected chi connectivity index (χ3v) is 5.45. The van der Waals surface area contributed by atoms with Crippen molar-refractivity contribution < 1.29 is 18.3 Å². The summed E-state index contributed by atoms with van der Waals surface area (Å²) in [5.74, 6) is -1.67. The number of benzene rings is 2. The van der Waals surface area contributed by atoms with Crippen molar-refractivity contribution in [1.29, 1.82) is 0 Å². The summed E-state index contributed by atoms with van der Waals surface area (Å²) >= 11 is 12.0. The van der Waals surface area contributed by atoms with Crippen molar-refractivity contribution in [2.75, 3.05) is 4.90 Å². The van der Waals surface area contributed by atoms with Crippen LogP contribution in [0.3, 0.4) is 0 Å². The van der Waals surface area contributed by atoms with E-state index in [-0.39, 0.29) is 21.2 Å². The van der Waals surface area contributed by atoms with Crippen LogP contribution in [0.25, 0.3) is 6.08 Å². The Morgan fingerprint density at radius 2 is 1.83 bits per heavy atom. The first-order chi connectivity index (χ1) is 14.4. The number of halogens is 3. The number of nitrogens with zero attached hydrogens (tertiary/aromatic N) is 3. The molecule has 1 aromatic heterocycles. The van der Waals surface area contributed by atoms with Crippen molar-refractivity contribution in [3.63, 3.8) is 0 Å². The van der Waals surface area contributed by atoms with Gasteiger partial charge in [-0.3, -0.25) is 9.69 Å². The maximum absolute atomic E-state index is 14.1. The molecular weight excluding hydrogens is 452 g/mol. The van der Waals surface area contributed by atoms with Crippen molar-refractivity contribution in [2.45, 2.75) is 0 Å². The van der Waals surface area contributed by atoms with Gasteiger partial charge < -0.3 is 4.74 Å². The van der Waals surface area contributed by atoms with Gasteiger partial charge in [0.1, 0.15) is 11.6 Å². The van der Waals surface area contributed by atoms with E-state index >= 15 is 0 Å². The van der Waals surface area contributed by atoms with E-state index in [4.69, 9.17) is 28.6 Å². The Balaban J connectivity index is 1.54. The largest absolute Gasteiger partial charge is 0.436 e. The van der Waals surface area contributed by atoms with Gasteiger partial charge in [0.05, 0.1) is 16.8 Å². The summed E-state index contributed by atoms with van der Waals surface area (Å²) in [5, 5.41) is -0.139. The molecule has 150 valence electrons. The summed E-state index contributed by atoms with van der Waals surface area (Å²) < 4.78 is 33.4. The molecule has 3 aromatic rings. The monoisotopic (exact) mass is 461 g/mol. The molecule has 2 heterocycles. The fourth-order valence-corrected chi connectivity index (χ4v) is 4.02. The smallest absolute Gasteiger partial charge is 0.270 e. The molecule has 0 bridgehead atoms. The number of rotatable bonds is 4. The maximum atomic E-state index is 14.1. The van der Waals surface area contributed by atoms with Gasteiger partial charge >= 0.3 is 0 Å². The molecule has 0 radical (unpaired) electrons. The Bertz CT molecular complexity index is 1190. The third-order valence-electron chi connectivity index (χ3n) is 3.96. The summed E-state index contributed by atoms with van der Waals surface area (Å²) in [6.07, 6.45) is 2.54. The standard InChI is InChI=1S/C20H10ClF2N3O2S2/c21-19-24-10-14(23)17(25-19)28-12-7-5-11(6-8-12)9-16-18(27)26(20(29)30-16)15-4-2-1-3-13(15)22/h1-10H/b16-9+. The van der Waals surface area contributed by atoms with Gasteiger partial charge in [-0.1, -0.05) is 48.2 Å². The molecule has 1 aliphatic rings. The third kappa shape index (κ3) is 4.18. The number of hydrogen-bond acceptors (Lipinski definition) is 6. The molecule has 0 atom stereocenters. The highest BCUT2D eigenvalue weighted by atomic mass is 35.5. The zero-order valence-electron chi connectivity index (χ0n) is 14.9. The highest BCUT2D eigenvalue weighted by Crippen LogP contribution is 2.37. The van der Waals surface area contributed by atoms with Crippen LogP contribution in [-0.2, 0) is 4.79 Å². The van der Waals surface area contributed by atoms with Crippen LogP contribution in [0.4, 0.5) is 14.5 Å². The second kappa shape index (κ2) is 8.47. The van der Waals surface area contributed by atoms with Crippen LogP contribution < -0.4 is 9.64 Å². The number of para-hydroxylation sites is 1. The predicted molar refractivity (Wildman–Crippen MR) is 116 cm³/mol. The second-order valence-corrected chi connectivity index (χ2v) is 7.95. The van der Waals surface area contributed by atoms with Crippen molar-refractivity contribution in [1.82, 2.24) is 9.97 Å². The first kappa shape index (κ1) is 20.4. The summed E-state index contributed by atoms with van der Waals surface area (Å²) in [4.78, 5) is 21.5. The molecule has 0 saturated carbocycles. The van der Waals surface area contributed by atoms with E-state index in [0.29, 0.717) is 16.2 Å². The van der Waals surface area contributed by atoms with E-state index < -0.39 is 17.5 Å². The van der Waals surface area contributed by atoms with Gasteiger partial charge in [0, 0.05) is 0 Å². The minimum absolute atomic E-state index is 0.109. The van der Waals surface area contributed by atoms with Gasteiger partial charge in [-0.15, -0.1) is 0 Å². The molecule has 30 heavy (non-hydrogen) atoms. The van der Waals surface area contributed by atoms with Gasteiger partial charge in [0.15, 0.2) is 4.32 Å². The normalized spacial score (nSPS) is 15.2. The average molecular weight is 462 g/mol. The quantitative estimate of drug-likeness (QED) is 0.286. The van der Waals surface area contributed by atoms with E-state index in [2.05, 4.69) is 9.97 Å². The molecule has 2 aromatic carbocycles. The van der Waals surface area contributed by atoms with Crippen LogP contribution in [0.5, 0.6) is 11.6 Å². The number of thiocarbonyl (C=S) groups is 1. The fourth-order valence-electron chi connectivity index (χ4n) is 2.61. The number of ether oxygens (including phenoxy) is 1. The molecule has 0 aliphatic carbocycles. The summed E-state index contributed by atoms with van der Waals surface area (Å²) in [5.41, 5.74) is 0.787. The molecule has 0 spiro atoms. The maximum Gasteiger partial charge on any atom is 0.270 e. The van der Waals surface area contributed by atoms with Crippen LogP contribution in [0.15, 0.2) is 59.6 Å². The molecular formula is C20H10ClF2N3O2S2. The second-order valence-electron chi connectivity index (χ2n) is 5.93. The Labute approximate surface area is 184 Å². The molecule has 4 rings (SSSR count). The molecule has 1 saturated heterocycles. The van der Waals surface area contributed by atoms with Crippen molar-refractivity contribution >= 4 is 57.6 Å². The lowest BCUT2D eigenvalue weighted by atomic mass is 10.2. The first-order valence-electron chi connectivity index (χ1n) is 8.41. The van der Waals surface area contributed by atoms with Gasteiger partial charge in [-0.25, -0.2) is 9.37 Å². The molecule has 1 amide bonds. The van der Waals surface area contributed by atoms with Gasteiger partial charge in [-0.05, 0) is 47.5 Å². The molecule has 5 nitrogen and oxygen atoms in total. The number of carbonyl (C=O) groups is 1. The fraction of sp³-hybridized carbons (Fsp3) is 0. The Morgan fingerprint density at radius 1 is 1.10 bits per heavy atom. The Morgan fingerprint density at radius 3 is 2.57 bits per heavy atom.